The summed E-state index contributed by atoms with van der Waals surface area (Å²) in [6, 6.07) is 22.2. The van der Waals surface area contributed by atoms with Crippen molar-refractivity contribution in [2.75, 3.05) is 13.7 Å². The SMILES string of the molecule is COc1ccc([C@H](NC(=O)COC(=O)c2cccc(C)c2C)c2ccccc2)cc1. The summed E-state index contributed by atoms with van der Waals surface area (Å²) in [4.78, 5) is 25.0. The average molecular weight is 403 g/mol. The second kappa shape index (κ2) is 9.74. The van der Waals surface area contributed by atoms with E-state index in [1.165, 1.54) is 0 Å². The molecule has 0 bridgehead atoms. The average Bonchev–Trinajstić information content (AvgIpc) is 2.78. The molecule has 5 nitrogen and oxygen atoms in total. The minimum Gasteiger partial charge on any atom is -0.497 e. The summed E-state index contributed by atoms with van der Waals surface area (Å²) < 4.78 is 10.5. The number of carbonyl (C=O) groups excluding carboxylic acids is 2. The van der Waals surface area contributed by atoms with Gasteiger partial charge in [-0.05, 0) is 54.3 Å². The number of methoxy groups -OCH3 is 1. The van der Waals surface area contributed by atoms with E-state index in [2.05, 4.69) is 5.32 Å². The molecule has 0 aromatic heterocycles. The highest BCUT2D eigenvalue weighted by molar-refractivity contribution is 5.93. The molecule has 3 rings (SSSR count). The first-order valence-corrected chi connectivity index (χ1v) is 9.71. The van der Waals surface area contributed by atoms with Crippen LogP contribution >= 0.6 is 0 Å². The van der Waals surface area contributed by atoms with Crippen molar-refractivity contribution in [2.45, 2.75) is 19.9 Å². The van der Waals surface area contributed by atoms with Gasteiger partial charge in [0.2, 0.25) is 0 Å². The molecule has 3 aromatic carbocycles. The van der Waals surface area contributed by atoms with E-state index in [9.17, 15) is 9.59 Å². The van der Waals surface area contributed by atoms with Gasteiger partial charge in [-0.2, -0.15) is 0 Å². The first-order chi connectivity index (χ1) is 14.5. The first kappa shape index (κ1) is 21.1. The zero-order valence-electron chi connectivity index (χ0n) is 17.3. The summed E-state index contributed by atoms with van der Waals surface area (Å²) in [5.41, 5.74) is 4.14. The summed E-state index contributed by atoms with van der Waals surface area (Å²) in [6.07, 6.45) is 0. The Kier molecular flexibility index (Phi) is 6.86. The van der Waals surface area contributed by atoms with E-state index in [-0.39, 0.29) is 18.6 Å². The maximum atomic E-state index is 12.6. The summed E-state index contributed by atoms with van der Waals surface area (Å²) in [5.74, 6) is -0.148. The smallest absolute Gasteiger partial charge is 0.338 e. The van der Waals surface area contributed by atoms with Crippen molar-refractivity contribution in [1.29, 1.82) is 0 Å². The van der Waals surface area contributed by atoms with Gasteiger partial charge in [0.1, 0.15) is 5.75 Å². The fourth-order valence-electron chi connectivity index (χ4n) is 3.18. The van der Waals surface area contributed by atoms with Crippen molar-refractivity contribution in [3.05, 3.63) is 101 Å². The maximum Gasteiger partial charge on any atom is 0.338 e. The molecule has 0 saturated heterocycles. The molecule has 3 aromatic rings. The number of ether oxygens (including phenoxy) is 2. The monoisotopic (exact) mass is 403 g/mol. The number of esters is 1. The van der Waals surface area contributed by atoms with Crippen LogP contribution in [0.3, 0.4) is 0 Å². The van der Waals surface area contributed by atoms with Crippen LogP contribution in [0.2, 0.25) is 0 Å². The number of aryl methyl sites for hydroxylation is 1. The number of amides is 1. The zero-order valence-corrected chi connectivity index (χ0v) is 17.3. The van der Waals surface area contributed by atoms with Crippen molar-refractivity contribution >= 4 is 11.9 Å². The van der Waals surface area contributed by atoms with Crippen molar-refractivity contribution < 1.29 is 19.1 Å². The Morgan fingerprint density at radius 3 is 2.20 bits per heavy atom. The Morgan fingerprint density at radius 2 is 1.53 bits per heavy atom. The van der Waals surface area contributed by atoms with E-state index in [1.807, 2.05) is 74.5 Å². The molecule has 0 heterocycles. The van der Waals surface area contributed by atoms with Crippen LogP contribution in [0.25, 0.3) is 0 Å². The molecule has 1 N–H and O–H groups in total. The van der Waals surface area contributed by atoms with Crippen LogP contribution in [0.5, 0.6) is 5.75 Å². The molecule has 0 unspecified atom stereocenters. The van der Waals surface area contributed by atoms with Gasteiger partial charge in [-0.25, -0.2) is 4.79 Å². The van der Waals surface area contributed by atoms with Gasteiger partial charge in [0, 0.05) is 0 Å². The number of hydrogen-bond acceptors (Lipinski definition) is 4. The van der Waals surface area contributed by atoms with Gasteiger partial charge < -0.3 is 14.8 Å². The van der Waals surface area contributed by atoms with Crippen LogP contribution < -0.4 is 10.1 Å². The number of nitrogens with one attached hydrogen (secondary N) is 1. The van der Waals surface area contributed by atoms with Gasteiger partial charge in [-0.3, -0.25) is 4.79 Å². The number of carbonyl (C=O) groups is 2. The quantitative estimate of drug-likeness (QED) is 0.595. The van der Waals surface area contributed by atoms with Gasteiger partial charge in [-0.1, -0.05) is 54.6 Å². The zero-order chi connectivity index (χ0) is 21.5. The lowest BCUT2D eigenvalue weighted by atomic mass is 9.98. The standard InChI is InChI=1S/C25H25NO4/c1-17-8-7-11-22(18(17)2)25(28)30-16-23(27)26-24(19-9-5-4-6-10-19)20-12-14-21(29-3)15-13-20/h4-15,24H,16H2,1-3H3,(H,26,27)/t24-/m1/s1. The molecule has 0 aliphatic heterocycles. The molecule has 154 valence electrons. The molecular formula is C25H25NO4. The van der Waals surface area contributed by atoms with Gasteiger partial charge >= 0.3 is 5.97 Å². The van der Waals surface area contributed by atoms with E-state index in [4.69, 9.17) is 9.47 Å². The summed E-state index contributed by atoms with van der Waals surface area (Å²) in [7, 11) is 1.61. The molecule has 30 heavy (non-hydrogen) atoms. The third kappa shape index (κ3) is 5.06. The Morgan fingerprint density at radius 1 is 0.867 bits per heavy atom. The topological polar surface area (TPSA) is 64.6 Å². The van der Waals surface area contributed by atoms with Crippen molar-refractivity contribution in [3.8, 4) is 5.75 Å². The van der Waals surface area contributed by atoms with Crippen LogP contribution in [0.4, 0.5) is 0 Å². The van der Waals surface area contributed by atoms with E-state index in [1.54, 1.807) is 19.2 Å². The minimum absolute atomic E-state index is 0.355. The lowest BCUT2D eigenvalue weighted by molar-refractivity contribution is -0.124. The largest absolute Gasteiger partial charge is 0.497 e. The molecular weight excluding hydrogens is 378 g/mol. The van der Waals surface area contributed by atoms with Crippen LogP contribution in [-0.4, -0.2) is 25.6 Å². The Bertz CT molecular complexity index is 1010. The first-order valence-electron chi connectivity index (χ1n) is 9.71. The highest BCUT2D eigenvalue weighted by Crippen LogP contribution is 2.24. The fourth-order valence-corrected chi connectivity index (χ4v) is 3.18. The Balaban J connectivity index is 1.71. The van der Waals surface area contributed by atoms with E-state index in [0.29, 0.717) is 5.56 Å². The van der Waals surface area contributed by atoms with Crippen LogP contribution in [0.15, 0.2) is 72.8 Å². The minimum atomic E-state index is -0.507. The van der Waals surface area contributed by atoms with Gasteiger partial charge in [0.05, 0.1) is 18.7 Å². The molecule has 0 radical (unpaired) electrons. The highest BCUT2D eigenvalue weighted by atomic mass is 16.5. The molecule has 1 amide bonds. The van der Waals surface area contributed by atoms with Gasteiger partial charge in [0.25, 0.3) is 5.91 Å². The molecule has 0 aliphatic carbocycles. The second-order valence-corrected chi connectivity index (χ2v) is 7.01. The van der Waals surface area contributed by atoms with Crippen LogP contribution in [0, 0.1) is 13.8 Å². The van der Waals surface area contributed by atoms with Crippen molar-refractivity contribution in [3.63, 3.8) is 0 Å². The van der Waals surface area contributed by atoms with Crippen molar-refractivity contribution in [1.82, 2.24) is 5.32 Å². The molecule has 0 saturated carbocycles. The van der Waals surface area contributed by atoms with Gasteiger partial charge in [0.15, 0.2) is 6.61 Å². The predicted molar refractivity (Wildman–Crippen MR) is 116 cm³/mol. The molecule has 0 fully saturated rings. The summed E-state index contributed by atoms with van der Waals surface area (Å²) in [5, 5.41) is 2.96. The maximum absolute atomic E-state index is 12.6. The third-order valence-corrected chi connectivity index (χ3v) is 5.05. The van der Waals surface area contributed by atoms with Crippen molar-refractivity contribution in [2.24, 2.45) is 0 Å². The Hall–Kier alpha value is -3.60. The lowest BCUT2D eigenvalue weighted by Crippen LogP contribution is -2.33. The molecule has 1 atom stereocenters. The second-order valence-electron chi connectivity index (χ2n) is 7.01. The number of benzene rings is 3. The van der Waals surface area contributed by atoms with E-state index in [0.717, 1.165) is 28.0 Å². The van der Waals surface area contributed by atoms with Gasteiger partial charge in [-0.15, -0.1) is 0 Å². The Labute approximate surface area is 176 Å². The van der Waals surface area contributed by atoms with E-state index < -0.39 is 5.97 Å². The summed E-state index contributed by atoms with van der Waals surface area (Å²) >= 11 is 0. The predicted octanol–water partition coefficient (Wildman–Crippen LogP) is 4.37. The van der Waals surface area contributed by atoms with Crippen LogP contribution in [0.1, 0.15) is 38.7 Å². The van der Waals surface area contributed by atoms with E-state index >= 15 is 0 Å². The molecule has 5 heteroatoms. The lowest BCUT2D eigenvalue weighted by Gasteiger charge is -2.20. The molecule has 0 aliphatic rings. The fraction of sp³-hybridized carbons (Fsp3) is 0.200. The summed E-state index contributed by atoms with van der Waals surface area (Å²) in [6.45, 7) is 3.44. The normalized spacial score (nSPS) is 11.4. The number of hydrogen-bond donors (Lipinski definition) is 1. The third-order valence-electron chi connectivity index (χ3n) is 5.05. The number of rotatable bonds is 7. The highest BCUT2D eigenvalue weighted by Gasteiger charge is 2.19. The van der Waals surface area contributed by atoms with Crippen LogP contribution in [-0.2, 0) is 9.53 Å². The molecule has 0 spiro atoms.